The molecular formula is C19H24N4O3. The monoisotopic (exact) mass is 356 g/mol. The summed E-state index contributed by atoms with van der Waals surface area (Å²) in [5, 5.41) is 6.64. The molecule has 7 nitrogen and oxygen atoms in total. The van der Waals surface area contributed by atoms with Crippen LogP contribution in [0.3, 0.4) is 0 Å². The Labute approximate surface area is 153 Å². The van der Waals surface area contributed by atoms with E-state index in [0.29, 0.717) is 19.1 Å². The van der Waals surface area contributed by atoms with Crippen LogP contribution in [0.2, 0.25) is 0 Å². The van der Waals surface area contributed by atoms with Gasteiger partial charge in [-0.05, 0) is 18.2 Å². The number of nitrogens with zero attached hydrogens (tertiary/aromatic N) is 2. The number of benzene rings is 1. The lowest BCUT2D eigenvalue weighted by molar-refractivity contribution is -0.127. The molecule has 1 aromatic heterocycles. The summed E-state index contributed by atoms with van der Waals surface area (Å²) in [7, 11) is 3.44. The molecule has 1 aliphatic rings. The molecule has 3 rings (SSSR count). The van der Waals surface area contributed by atoms with Crippen LogP contribution < -0.4 is 15.4 Å². The fourth-order valence-electron chi connectivity index (χ4n) is 2.68. The Kier molecular flexibility index (Phi) is 5.78. The summed E-state index contributed by atoms with van der Waals surface area (Å²) < 4.78 is 11.1. The van der Waals surface area contributed by atoms with Gasteiger partial charge >= 0.3 is 0 Å². The minimum Gasteiger partial charge on any atom is -0.493 e. The van der Waals surface area contributed by atoms with Gasteiger partial charge in [-0.2, -0.15) is 0 Å². The molecule has 0 saturated heterocycles. The molecule has 1 unspecified atom stereocenters. The minimum atomic E-state index is -0.0588. The summed E-state index contributed by atoms with van der Waals surface area (Å²) in [5.74, 6) is 2.19. The van der Waals surface area contributed by atoms with Crippen LogP contribution in [0.15, 0.2) is 52.1 Å². The van der Waals surface area contributed by atoms with Crippen molar-refractivity contribution in [3.63, 3.8) is 0 Å². The van der Waals surface area contributed by atoms with E-state index in [1.54, 1.807) is 20.4 Å². The van der Waals surface area contributed by atoms with E-state index < -0.39 is 0 Å². The second-order valence-corrected chi connectivity index (χ2v) is 6.26. The van der Waals surface area contributed by atoms with Gasteiger partial charge in [-0.15, -0.1) is 0 Å². The first-order valence-electron chi connectivity index (χ1n) is 8.62. The van der Waals surface area contributed by atoms with Gasteiger partial charge in [0.1, 0.15) is 18.1 Å². The summed E-state index contributed by atoms with van der Waals surface area (Å²) in [6, 6.07) is 11.8. The molecule has 0 fully saturated rings. The van der Waals surface area contributed by atoms with Crippen molar-refractivity contribution in [2.75, 3.05) is 27.2 Å². The van der Waals surface area contributed by atoms with E-state index in [4.69, 9.17) is 9.15 Å². The van der Waals surface area contributed by atoms with Crippen molar-refractivity contribution in [3.05, 3.63) is 54.0 Å². The highest BCUT2D eigenvalue weighted by atomic mass is 16.5. The third-order valence-corrected chi connectivity index (χ3v) is 4.15. The van der Waals surface area contributed by atoms with Gasteiger partial charge < -0.3 is 24.7 Å². The molecule has 138 valence electrons. The Bertz CT molecular complexity index is 756. The van der Waals surface area contributed by atoms with E-state index in [1.807, 2.05) is 36.4 Å². The van der Waals surface area contributed by atoms with Gasteiger partial charge in [0.05, 0.1) is 25.5 Å². The molecule has 1 atom stereocenters. The maximum Gasteiger partial charge on any atom is 0.243 e. The number of likely N-dealkylation sites (N-methyl/N-ethyl adjacent to an activating group) is 1. The number of aliphatic imine (C=N–C) groups is 1. The van der Waals surface area contributed by atoms with Gasteiger partial charge in [-0.3, -0.25) is 4.79 Å². The number of nitrogens with one attached hydrogen (secondary N) is 2. The zero-order chi connectivity index (χ0) is 18.4. The highest BCUT2D eigenvalue weighted by Gasteiger charge is 2.22. The average molecular weight is 356 g/mol. The van der Waals surface area contributed by atoms with E-state index in [-0.39, 0.29) is 18.5 Å². The smallest absolute Gasteiger partial charge is 0.243 e. The number of carbonyl (C=O) groups is 1. The summed E-state index contributed by atoms with van der Waals surface area (Å²) in [5.41, 5.74) is 1.09. The van der Waals surface area contributed by atoms with Gasteiger partial charge in [0.2, 0.25) is 5.91 Å². The minimum absolute atomic E-state index is 0.0588. The van der Waals surface area contributed by atoms with E-state index in [9.17, 15) is 4.79 Å². The summed E-state index contributed by atoms with van der Waals surface area (Å²) >= 11 is 0. The summed E-state index contributed by atoms with van der Waals surface area (Å²) in [6.45, 7) is 1.20. The maximum absolute atomic E-state index is 11.9. The molecular weight excluding hydrogens is 332 g/mol. The topological polar surface area (TPSA) is 79.1 Å². The molecule has 0 bridgehead atoms. The van der Waals surface area contributed by atoms with E-state index in [1.165, 1.54) is 4.90 Å². The summed E-state index contributed by atoms with van der Waals surface area (Å²) in [6.07, 6.45) is 2.45. The lowest BCUT2D eigenvalue weighted by Gasteiger charge is -2.28. The van der Waals surface area contributed by atoms with Crippen molar-refractivity contribution in [2.24, 2.45) is 4.99 Å². The number of rotatable bonds is 5. The van der Waals surface area contributed by atoms with Crippen molar-refractivity contribution >= 4 is 11.9 Å². The number of fused-ring (bicyclic) bond motifs is 1. The molecule has 0 saturated carbocycles. The number of carbonyl (C=O) groups excluding carboxylic acids is 1. The van der Waals surface area contributed by atoms with Gasteiger partial charge in [0, 0.05) is 26.1 Å². The van der Waals surface area contributed by atoms with Crippen LogP contribution in [0.1, 0.15) is 23.8 Å². The predicted molar refractivity (Wildman–Crippen MR) is 99.0 cm³/mol. The molecule has 1 amide bonds. The molecule has 2 heterocycles. The lowest BCUT2D eigenvalue weighted by atomic mass is 10.0. The number of ether oxygens (including phenoxy) is 1. The number of furan rings is 1. The predicted octanol–water partition coefficient (Wildman–Crippen LogP) is 1.93. The van der Waals surface area contributed by atoms with Crippen LogP contribution in [-0.4, -0.2) is 44.0 Å². The third kappa shape index (κ3) is 4.56. The second-order valence-electron chi connectivity index (χ2n) is 6.26. The van der Waals surface area contributed by atoms with Crippen molar-refractivity contribution < 1.29 is 13.9 Å². The Morgan fingerprint density at radius 1 is 1.27 bits per heavy atom. The molecule has 0 radical (unpaired) electrons. The molecule has 2 N–H and O–H groups in total. The van der Waals surface area contributed by atoms with Crippen LogP contribution in [-0.2, 0) is 11.3 Å². The standard InChI is InChI=1S/C19H24N4O3/c1-23(2)18(24)13-21-19(20-12-14-6-5-10-25-14)22-16-9-11-26-17-8-4-3-7-15(16)17/h3-8,10,16H,9,11-13H2,1-2H3,(H2,20,21,22). The average Bonchev–Trinajstić information content (AvgIpc) is 3.17. The van der Waals surface area contributed by atoms with Crippen LogP contribution in [0.5, 0.6) is 5.75 Å². The molecule has 26 heavy (non-hydrogen) atoms. The highest BCUT2D eigenvalue weighted by molar-refractivity contribution is 5.85. The van der Waals surface area contributed by atoms with Crippen LogP contribution >= 0.6 is 0 Å². The molecule has 0 spiro atoms. The number of hydrogen-bond donors (Lipinski definition) is 2. The fourth-order valence-corrected chi connectivity index (χ4v) is 2.68. The Morgan fingerprint density at radius 2 is 2.12 bits per heavy atom. The van der Waals surface area contributed by atoms with Gasteiger partial charge in [0.25, 0.3) is 0 Å². The van der Waals surface area contributed by atoms with Gasteiger partial charge in [-0.25, -0.2) is 4.99 Å². The second kappa shape index (κ2) is 8.42. The number of hydrogen-bond acceptors (Lipinski definition) is 4. The van der Waals surface area contributed by atoms with Crippen molar-refractivity contribution in [2.45, 2.75) is 19.0 Å². The van der Waals surface area contributed by atoms with Gasteiger partial charge in [-0.1, -0.05) is 18.2 Å². The molecule has 7 heteroatoms. The van der Waals surface area contributed by atoms with Crippen molar-refractivity contribution in [1.82, 2.24) is 15.5 Å². The first-order valence-corrected chi connectivity index (χ1v) is 8.62. The highest BCUT2D eigenvalue weighted by Crippen LogP contribution is 2.31. The zero-order valence-corrected chi connectivity index (χ0v) is 15.1. The number of guanidine groups is 1. The molecule has 2 aromatic rings. The van der Waals surface area contributed by atoms with Gasteiger partial charge in [0.15, 0.2) is 5.96 Å². The number of amides is 1. The van der Waals surface area contributed by atoms with E-state index >= 15 is 0 Å². The Balaban J connectivity index is 1.72. The van der Waals surface area contributed by atoms with E-state index in [2.05, 4.69) is 15.6 Å². The first-order chi connectivity index (χ1) is 12.6. The largest absolute Gasteiger partial charge is 0.493 e. The molecule has 0 aliphatic carbocycles. The lowest BCUT2D eigenvalue weighted by Crippen LogP contribution is -2.41. The maximum atomic E-state index is 11.9. The third-order valence-electron chi connectivity index (χ3n) is 4.15. The van der Waals surface area contributed by atoms with Crippen molar-refractivity contribution in [3.8, 4) is 5.75 Å². The SMILES string of the molecule is CN(C)C(=O)CN=C(NCc1ccco1)NC1CCOc2ccccc21. The normalized spacial score (nSPS) is 16.4. The Morgan fingerprint density at radius 3 is 2.88 bits per heavy atom. The van der Waals surface area contributed by atoms with E-state index in [0.717, 1.165) is 23.5 Å². The fraction of sp³-hybridized carbons (Fsp3) is 0.368. The van der Waals surface area contributed by atoms with Crippen molar-refractivity contribution in [1.29, 1.82) is 0 Å². The molecule has 1 aromatic carbocycles. The Hall–Kier alpha value is -2.96. The number of para-hydroxylation sites is 1. The van der Waals surface area contributed by atoms with Crippen LogP contribution in [0.25, 0.3) is 0 Å². The summed E-state index contributed by atoms with van der Waals surface area (Å²) in [4.78, 5) is 17.9. The van der Waals surface area contributed by atoms with Crippen LogP contribution in [0.4, 0.5) is 0 Å². The molecule has 1 aliphatic heterocycles. The first kappa shape index (κ1) is 17.8. The zero-order valence-electron chi connectivity index (χ0n) is 15.1. The quantitative estimate of drug-likeness (QED) is 0.632. The van der Waals surface area contributed by atoms with Crippen LogP contribution in [0, 0.1) is 0 Å².